The largest absolute Gasteiger partial charge is 0.497 e. The van der Waals surface area contributed by atoms with Crippen LogP contribution in [0.25, 0.3) is 11.3 Å². The molecular formula is C37H44FN5O5. The van der Waals surface area contributed by atoms with Crippen LogP contribution in [0.5, 0.6) is 23.1 Å². The molecule has 4 aromatic rings. The number of halogens is 1. The van der Waals surface area contributed by atoms with Crippen LogP contribution in [0.2, 0.25) is 0 Å². The molecule has 3 aromatic carbocycles. The first-order valence-corrected chi connectivity index (χ1v) is 16.2. The summed E-state index contributed by atoms with van der Waals surface area (Å²) >= 11 is 0. The number of rotatable bonds is 12. The summed E-state index contributed by atoms with van der Waals surface area (Å²) in [7, 11) is 4.64. The third-order valence-electron chi connectivity index (χ3n) is 8.74. The van der Waals surface area contributed by atoms with Gasteiger partial charge in [-0.25, -0.2) is 14.2 Å². The molecule has 0 bridgehead atoms. The van der Waals surface area contributed by atoms with Crippen LogP contribution in [0.4, 0.5) is 26.5 Å². The van der Waals surface area contributed by atoms with Crippen molar-refractivity contribution in [2.24, 2.45) is 0 Å². The van der Waals surface area contributed by atoms with Crippen LogP contribution in [-0.2, 0) is 0 Å². The monoisotopic (exact) mass is 657 g/mol. The Bertz CT molecular complexity index is 1720. The molecule has 0 atom stereocenters. The molecule has 2 heterocycles. The lowest BCUT2D eigenvalue weighted by molar-refractivity contribution is 0.203. The number of nitrogens with one attached hydrogen (secondary N) is 1. The molecular weight excluding hydrogens is 613 g/mol. The molecule has 1 N–H and O–H groups in total. The maximum absolute atomic E-state index is 15.1. The van der Waals surface area contributed by atoms with E-state index in [0.717, 1.165) is 48.3 Å². The van der Waals surface area contributed by atoms with Gasteiger partial charge in [0.1, 0.15) is 11.5 Å². The quantitative estimate of drug-likeness (QED) is 0.153. The van der Waals surface area contributed by atoms with Crippen molar-refractivity contribution in [3.63, 3.8) is 0 Å². The Kier molecular flexibility index (Phi) is 11.3. The van der Waals surface area contributed by atoms with Crippen LogP contribution in [0, 0.1) is 26.6 Å². The third kappa shape index (κ3) is 8.51. The van der Waals surface area contributed by atoms with E-state index in [-0.39, 0.29) is 17.6 Å². The SMILES string of the molecule is COc1cc(OC)cc(N(C)C(=O)Oc2cc(-c3ccc(C)c(C)c3C)nc(Nc3ccc(OCCCN4CCCCC4)c(F)c3)n2)c1. The lowest BCUT2D eigenvalue weighted by Gasteiger charge is -2.26. The fraction of sp³-hybridized carbons (Fsp3) is 0.378. The van der Waals surface area contributed by atoms with Crippen molar-refractivity contribution < 1.29 is 28.1 Å². The number of ether oxygens (including phenoxy) is 4. The predicted octanol–water partition coefficient (Wildman–Crippen LogP) is 7.86. The molecule has 1 aliphatic heterocycles. The first-order valence-electron chi connectivity index (χ1n) is 16.2. The molecule has 11 heteroatoms. The van der Waals surface area contributed by atoms with Gasteiger partial charge in [0.15, 0.2) is 11.6 Å². The molecule has 1 amide bonds. The molecule has 0 aliphatic carbocycles. The average Bonchev–Trinajstić information content (AvgIpc) is 3.09. The van der Waals surface area contributed by atoms with E-state index in [4.69, 9.17) is 23.9 Å². The summed E-state index contributed by atoms with van der Waals surface area (Å²) in [6.45, 7) is 9.74. The number of carbonyl (C=O) groups excluding carboxylic acids is 1. The van der Waals surface area contributed by atoms with E-state index in [2.05, 4.69) is 15.2 Å². The maximum atomic E-state index is 15.1. The summed E-state index contributed by atoms with van der Waals surface area (Å²) in [4.78, 5) is 26.3. The van der Waals surface area contributed by atoms with Gasteiger partial charge >= 0.3 is 6.09 Å². The minimum atomic E-state index is -0.689. The molecule has 5 rings (SSSR count). The summed E-state index contributed by atoms with van der Waals surface area (Å²) in [6, 6.07) is 15.3. The highest BCUT2D eigenvalue weighted by Gasteiger charge is 2.19. The Labute approximate surface area is 281 Å². The van der Waals surface area contributed by atoms with E-state index in [1.807, 2.05) is 32.9 Å². The zero-order chi connectivity index (χ0) is 34.2. The van der Waals surface area contributed by atoms with Crippen LogP contribution in [-0.4, -0.2) is 68.5 Å². The maximum Gasteiger partial charge on any atom is 0.420 e. The second kappa shape index (κ2) is 15.8. The van der Waals surface area contributed by atoms with Crippen molar-refractivity contribution in [2.45, 2.75) is 46.5 Å². The number of methoxy groups -OCH3 is 2. The Hall–Kier alpha value is -4.90. The Balaban J connectivity index is 1.36. The number of amides is 1. The molecule has 1 fully saturated rings. The number of piperidine rings is 1. The number of likely N-dealkylation sites (tertiary alicyclic amines) is 1. The summed E-state index contributed by atoms with van der Waals surface area (Å²) < 4.78 is 37.3. The molecule has 0 unspecified atom stereocenters. The Morgan fingerprint density at radius 1 is 0.917 bits per heavy atom. The van der Waals surface area contributed by atoms with Crippen LogP contribution in [0.15, 0.2) is 54.6 Å². The minimum absolute atomic E-state index is 0.0148. The lowest BCUT2D eigenvalue weighted by atomic mass is 9.97. The molecule has 1 aliphatic rings. The highest BCUT2D eigenvalue weighted by atomic mass is 19.1. The summed E-state index contributed by atoms with van der Waals surface area (Å²) in [6.07, 6.45) is 3.91. The highest BCUT2D eigenvalue weighted by molar-refractivity contribution is 5.89. The van der Waals surface area contributed by atoms with E-state index in [0.29, 0.717) is 35.2 Å². The summed E-state index contributed by atoms with van der Waals surface area (Å²) in [5.74, 6) is 0.874. The minimum Gasteiger partial charge on any atom is -0.497 e. The van der Waals surface area contributed by atoms with Gasteiger partial charge in [-0.15, -0.1) is 0 Å². The number of benzene rings is 3. The van der Waals surface area contributed by atoms with Crippen molar-refractivity contribution in [2.75, 3.05) is 57.7 Å². The topological polar surface area (TPSA) is 98.3 Å². The fourth-order valence-corrected chi connectivity index (χ4v) is 5.63. The van der Waals surface area contributed by atoms with Gasteiger partial charge in [0.05, 0.1) is 32.2 Å². The van der Waals surface area contributed by atoms with Crippen LogP contribution < -0.4 is 29.2 Å². The van der Waals surface area contributed by atoms with Crippen molar-refractivity contribution in [1.29, 1.82) is 0 Å². The molecule has 48 heavy (non-hydrogen) atoms. The van der Waals surface area contributed by atoms with Gasteiger partial charge in [-0.1, -0.05) is 18.6 Å². The van der Waals surface area contributed by atoms with Gasteiger partial charge in [0.2, 0.25) is 11.8 Å². The number of hydrogen-bond acceptors (Lipinski definition) is 9. The molecule has 1 aromatic heterocycles. The fourth-order valence-electron chi connectivity index (χ4n) is 5.63. The number of anilines is 3. The molecule has 1 saturated heterocycles. The zero-order valence-corrected chi connectivity index (χ0v) is 28.6. The Morgan fingerprint density at radius 3 is 2.33 bits per heavy atom. The average molecular weight is 658 g/mol. The van der Waals surface area contributed by atoms with Crippen LogP contribution in [0.3, 0.4) is 0 Å². The molecule has 254 valence electrons. The number of carbonyl (C=O) groups is 1. The van der Waals surface area contributed by atoms with E-state index in [9.17, 15) is 4.79 Å². The lowest BCUT2D eigenvalue weighted by Crippen LogP contribution is -2.31. The second-order valence-corrected chi connectivity index (χ2v) is 12.0. The van der Waals surface area contributed by atoms with Crippen molar-refractivity contribution in [3.8, 4) is 34.4 Å². The zero-order valence-electron chi connectivity index (χ0n) is 28.6. The first kappa shape index (κ1) is 34.4. The number of aromatic nitrogens is 2. The number of nitrogens with zero attached hydrogens (tertiary/aromatic N) is 4. The smallest absolute Gasteiger partial charge is 0.420 e. The number of hydrogen-bond donors (Lipinski definition) is 1. The van der Waals surface area contributed by atoms with Crippen molar-refractivity contribution in [3.05, 3.63) is 77.1 Å². The first-order chi connectivity index (χ1) is 23.1. The van der Waals surface area contributed by atoms with E-state index < -0.39 is 11.9 Å². The van der Waals surface area contributed by atoms with Gasteiger partial charge in [0.25, 0.3) is 0 Å². The molecule has 0 radical (unpaired) electrons. The highest BCUT2D eigenvalue weighted by Crippen LogP contribution is 2.32. The van der Waals surface area contributed by atoms with E-state index in [1.54, 1.807) is 43.4 Å². The van der Waals surface area contributed by atoms with Gasteiger partial charge in [0, 0.05) is 55.2 Å². The molecule has 10 nitrogen and oxygen atoms in total. The van der Waals surface area contributed by atoms with Crippen molar-refractivity contribution >= 4 is 23.4 Å². The molecule has 0 saturated carbocycles. The standard InChI is InChI=1S/C37H44FN5O5/c1-24-11-13-31(26(3)25(24)2)33-23-35(48-37(44)42(4)28-20-29(45-5)22-30(21-28)46-6)41-36(40-33)39-27-12-14-34(32(38)19-27)47-18-10-17-43-15-8-7-9-16-43/h11-14,19-23H,7-10,15-18H2,1-6H3,(H,39,40,41). The van der Waals surface area contributed by atoms with Gasteiger partial charge in [-0.05, 0) is 81.9 Å². The van der Waals surface area contributed by atoms with E-state index >= 15 is 4.39 Å². The van der Waals surface area contributed by atoms with Gasteiger partial charge in [-0.3, -0.25) is 4.90 Å². The van der Waals surface area contributed by atoms with Crippen LogP contribution in [0.1, 0.15) is 42.4 Å². The molecule has 0 spiro atoms. The number of aryl methyl sites for hydroxylation is 1. The third-order valence-corrected chi connectivity index (χ3v) is 8.74. The summed E-state index contributed by atoms with van der Waals surface area (Å²) in [5.41, 5.74) is 5.61. The summed E-state index contributed by atoms with van der Waals surface area (Å²) in [5, 5.41) is 3.08. The predicted molar refractivity (Wildman–Crippen MR) is 186 cm³/mol. The van der Waals surface area contributed by atoms with Gasteiger partial charge < -0.3 is 29.2 Å². The van der Waals surface area contributed by atoms with E-state index in [1.165, 1.54) is 44.4 Å². The Morgan fingerprint density at radius 2 is 1.65 bits per heavy atom. The van der Waals surface area contributed by atoms with Gasteiger partial charge in [-0.2, -0.15) is 4.98 Å². The van der Waals surface area contributed by atoms with Crippen LogP contribution >= 0.6 is 0 Å². The van der Waals surface area contributed by atoms with Crippen molar-refractivity contribution in [1.82, 2.24) is 14.9 Å². The second-order valence-electron chi connectivity index (χ2n) is 12.0. The normalized spacial score (nSPS) is 13.1.